The Morgan fingerprint density at radius 2 is 0.493 bits per heavy atom. The van der Waals surface area contributed by atoms with E-state index in [0.29, 0.717) is 24.3 Å². The Kier molecular flexibility index (Phi) is 111. The Labute approximate surface area is 1070 Å². The van der Waals surface area contributed by atoms with Crippen molar-refractivity contribution in [2.45, 2.75) is 187 Å². The molecule has 26 N–H and O–H groups in total. The smallest absolute Gasteiger partial charge is 0.735 e. The van der Waals surface area contributed by atoms with Crippen molar-refractivity contribution >= 4 is 119 Å². The van der Waals surface area contributed by atoms with E-state index in [1.807, 2.05) is 0 Å². The minimum absolute atomic E-state index is 0. The summed E-state index contributed by atoms with van der Waals surface area (Å²) < 4.78 is 309. The van der Waals surface area contributed by atoms with Crippen molar-refractivity contribution in [1.82, 2.24) is 20.1 Å². The summed E-state index contributed by atoms with van der Waals surface area (Å²) in [6.45, 7) is -1.80. The van der Waals surface area contributed by atoms with Crippen molar-refractivity contribution in [1.29, 1.82) is 0 Å². The summed E-state index contributed by atoms with van der Waals surface area (Å²) in [6.07, 6.45) is -24.2. The van der Waals surface area contributed by atoms with Crippen LogP contribution in [0.4, 0.5) is 0 Å². The SMILES string of the molecule is CC(=O)NC1C(O)OC(CO)C[C@H]1O.CC(=O)NC1C(O)OC(COS(=O)(=O)[O-])C[C@H]1O.O.O.O.O.O=C([O-])C1=C[C@@H](O)C(OS(=O)(=O)[O-])CO1.O=C([O-])C1=C[C@@H](O)C(OS(=O)(=O)[O-])CO1.O=C([O-])C1=C[C@@H](O)C(OS(=O)(=O)[O-])CO1.O=C([O-])C1=C[C@@H](O)C(OS(=O)(=O)[O-])CO1.O=S(=O)([O-])NC1C(O)OC(CO)C[C@H]1O.O=S(=O)([O-])NC1C(O)OC(COS(=O)(=O)[O-])C[C@H]1O.[Na+].[Na+].[Na+].[Na+].[Na+].[Na+].[Na+].[Na+].[Na+].[Na+].[Na+].[Na+]. The van der Waals surface area contributed by atoms with E-state index in [-0.39, 0.29) is 415 Å². The van der Waals surface area contributed by atoms with Gasteiger partial charge in [-0.15, -0.1) is 0 Å². The van der Waals surface area contributed by atoms with Crippen LogP contribution in [-0.4, -0.2) is 433 Å². The number of hydrogen-bond acceptors (Lipinski definition) is 62. The van der Waals surface area contributed by atoms with Crippen molar-refractivity contribution in [3.63, 3.8) is 0 Å². The molecule has 16 unspecified atom stereocenters. The van der Waals surface area contributed by atoms with E-state index in [2.05, 4.69) is 54.7 Å². The molecule has 8 aliphatic rings. The zero-order chi connectivity index (χ0) is 97.7. The summed E-state index contributed by atoms with van der Waals surface area (Å²) in [7, 11) is -39.4. The standard InChI is InChI=1S/C8H15NO8S.C8H15NO5.C6H13NO10S2.C6H13NO7S.4C6H8O8S.12Na.4H2O/c1-4(10)9-7-6(11)2-5(17-8(7)12)3-16-18(13,14)15;1-4(11)9-7-6(12)2-5(3-10)14-8(7)13;8-4-1-3(2-16-19(13,14)15)17-6(9)5(4)7-18(10,11)12;8-2-3-1-4(9)5(6(10)14-3)7-15(11,12)13;4*7-3-1-4(6(8)9)13-2-5(3)14-15(10,11)12;;;;;;;;;;;;;;;;/h5-8,11-12H,2-3H2,1H3,(H,9,10)(H,13,14,15);5-8,10,12-13H,2-3H2,1H3,(H,9,11);3-9H,1-2H2,(H,10,11,12)(H,13,14,15);3-10H,1-2H2,(H,11,12,13);4*1,3,5,7H,2H2,(H,8,9)(H,10,11,12);;;;;;;;;;;;;4*1H2/q;;;;;;;;12*+1;;;;/p-12/t2*5?,6-,7?,8?;2*3?,4-,5?,6?;4*3-,5?;;;;;;;;;;;;;;;;/m11111111................/s1. The molecule has 0 saturated carbocycles. The second kappa shape index (κ2) is 86.0. The van der Waals surface area contributed by atoms with Gasteiger partial charge < -0.3 is 218 Å². The van der Waals surface area contributed by atoms with Crippen molar-refractivity contribution in [2.75, 3.05) is 52.9 Å². The van der Waals surface area contributed by atoms with Crippen LogP contribution >= 0.6 is 0 Å². The number of aliphatic hydroxyl groups excluding tert-OH is 14. The molecule has 0 spiro atoms. The number of nitrogens with one attached hydrogen (secondary N) is 4. The molecule has 0 bridgehead atoms. The van der Waals surface area contributed by atoms with E-state index in [4.69, 9.17) is 29.2 Å². The number of amides is 2. The summed E-state index contributed by atoms with van der Waals surface area (Å²) in [5, 5.41) is 175. The first-order valence-corrected chi connectivity index (χ1v) is 44.0. The van der Waals surface area contributed by atoms with E-state index in [1.165, 1.54) is 23.3 Å². The van der Waals surface area contributed by atoms with Crippen LogP contribution in [0.2, 0.25) is 0 Å². The number of ether oxygens (including phenoxy) is 8. The number of aliphatic carboxylic acids is 4. The molecule has 8 aliphatic heterocycles. The minimum Gasteiger partial charge on any atom is -0.735 e. The molecule has 0 aromatic heterocycles. The average Bonchev–Trinajstić information content (AvgIpc) is 0.817. The monoisotopic (exact) mass is 2350 g/mol. The maximum absolute atomic E-state index is 10.8. The maximum atomic E-state index is 10.8. The zero-order valence-corrected chi connectivity index (χ0v) is 107. The van der Waals surface area contributed by atoms with Crippen LogP contribution in [0.15, 0.2) is 47.3 Å². The Balaban J connectivity index is -0.0000000900. The maximum Gasteiger partial charge on any atom is 1.00 e. The van der Waals surface area contributed by atoms with Gasteiger partial charge in [-0.1, -0.05) is 0 Å². The molecule has 4 saturated heterocycles. The molecule has 768 valence electrons. The molecule has 90 heteroatoms. The van der Waals surface area contributed by atoms with Crippen LogP contribution < -0.4 is 395 Å². The van der Waals surface area contributed by atoms with Gasteiger partial charge in [0.25, 0.3) is 0 Å². The van der Waals surface area contributed by atoms with Gasteiger partial charge >= 0.3 is 355 Å². The minimum atomic E-state index is -4.98. The van der Waals surface area contributed by atoms with Crippen LogP contribution in [0, 0.1) is 0 Å². The van der Waals surface area contributed by atoms with Crippen LogP contribution in [0.25, 0.3) is 0 Å². The van der Waals surface area contributed by atoms with Gasteiger partial charge in [-0.2, -0.15) is 0 Å². The fourth-order valence-corrected chi connectivity index (χ4v) is 13.5. The van der Waals surface area contributed by atoms with E-state index in [9.17, 15) is 214 Å². The first kappa shape index (κ1) is 183. The third-order valence-electron chi connectivity index (χ3n) is 14.9. The largest absolute Gasteiger partial charge is 1.00 e. The van der Waals surface area contributed by atoms with Crippen molar-refractivity contribution < 1.29 is 664 Å². The summed E-state index contributed by atoms with van der Waals surface area (Å²) in [6, 6.07) is -4.84. The molecular weight excluding hydrogens is 2270 g/mol. The molecule has 4 fully saturated rings. The van der Waals surface area contributed by atoms with Gasteiger partial charge in [0.15, 0.2) is 45.8 Å². The quantitative estimate of drug-likeness (QED) is 0.0217. The number of carbonyl (C=O) groups is 6. The fraction of sp³-hybridized carbons (Fsp3) is 0.731. The average molecular weight is 2350 g/mol. The van der Waals surface area contributed by atoms with Crippen molar-refractivity contribution in [3.05, 3.63) is 47.3 Å². The van der Waals surface area contributed by atoms with Gasteiger partial charge in [-0.05, 0) is 24.3 Å². The molecule has 70 nitrogen and oxygen atoms in total. The molecule has 8 rings (SSSR count). The second-order valence-electron chi connectivity index (χ2n) is 24.9. The molecular formula is C52H84N4Na12O66S8. The molecule has 0 aromatic carbocycles. The molecule has 0 aliphatic carbocycles. The number of carbonyl (C=O) groups excluding carboxylic acids is 6. The summed E-state index contributed by atoms with van der Waals surface area (Å²) in [4.78, 5) is 62.5. The third-order valence-corrected chi connectivity index (χ3v) is 18.8. The first-order chi connectivity index (χ1) is 57.2. The Hall–Kier alpha value is 5.06. The molecule has 142 heavy (non-hydrogen) atoms. The van der Waals surface area contributed by atoms with E-state index < -0.39 is 329 Å². The van der Waals surface area contributed by atoms with Crippen LogP contribution in [0.3, 0.4) is 0 Å². The molecule has 8 heterocycles. The van der Waals surface area contributed by atoms with Gasteiger partial charge in [-0.25, -0.2) is 76.8 Å². The zero-order valence-electron chi connectivity index (χ0n) is 76.8. The predicted octanol–water partition coefficient (Wildman–Crippen LogP) is -63.2. The molecule has 0 radical (unpaired) electrons. The fourth-order valence-electron chi connectivity index (χ4n) is 9.73. The molecule has 0 aromatic rings. The van der Waals surface area contributed by atoms with Gasteiger partial charge in [-0.3, -0.25) is 34.7 Å². The summed E-state index contributed by atoms with van der Waals surface area (Å²) in [5.41, 5.74) is 0. The van der Waals surface area contributed by atoms with E-state index >= 15 is 0 Å². The Morgan fingerprint density at radius 3 is 0.634 bits per heavy atom. The van der Waals surface area contributed by atoms with Gasteiger partial charge in [0.05, 0.1) is 87.3 Å². The topological polar surface area (TPSA) is 1240 Å². The normalized spacial score (nSPS) is 27.7. The van der Waals surface area contributed by atoms with E-state index in [0.717, 1.165) is 0 Å². The number of carboxylic acids is 4. The van der Waals surface area contributed by atoms with Crippen LogP contribution in [-0.2, 0) is 175 Å². The summed E-state index contributed by atoms with van der Waals surface area (Å²) >= 11 is 0. The van der Waals surface area contributed by atoms with Gasteiger partial charge in [0, 0.05) is 39.5 Å². The van der Waals surface area contributed by atoms with E-state index in [1.54, 1.807) is 0 Å². The second-order valence-corrected chi connectivity index (χ2v) is 33.3. The molecule has 24 atom stereocenters. The number of aliphatic hydroxyl groups is 14. The van der Waals surface area contributed by atoms with Gasteiger partial charge in [0.2, 0.25) is 74.2 Å². The van der Waals surface area contributed by atoms with Crippen LogP contribution in [0.1, 0.15) is 39.5 Å². The van der Waals surface area contributed by atoms with Crippen molar-refractivity contribution in [2.24, 2.45) is 0 Å². The molecule has 2 amide bonds. The van der Waals surface area contributed by atoms with Crippen LogP contribution in [0.5, 0.6) is 0 Å². The first-order valence-electron chi connectivity index (χ1n) is 33.2. The Morgan fingerprint density at radius 1 is 0.317 bits per heavy atom. The van der Waals surface area contributed by atoms with Gasteiger partial charge in [0.1, 0.15) is 134 Å². The summed E-state index contributed by atoms with van der Waals surface area (Å²) in [5.74, 6) is -9.96. The number of hydrogen-bond donors (Lipinski definition) is 18. The third kappa shape index (κ3) is 82.5. The van der Waals surface area contributed by atoms with Crippen molar-refractivity contribution in [3.8, 4) is 0 Å². The predicted molar refractivity (Wildman–Crippen MR) is 373 cm³/mol. The number of rotatable bonds is 26. The number of carboxylic acid groups (broad SMARTS) is 4. The Bertz CT molecular complexity index is 4380.